The molecule has 0 spiro atoms. The van der Waals surface area contributed by atoms with E-state index in [0.29, 0.717) is 0 Å². The van der Waals surface area contributed by atoms with E-state index in [1.54, 1.807) is 12.1 Å². The molecule has 8 heteroatoms. The van der Waals surface area contributed by atoms with Crippen molar-refractivity contribution in [1.82, 2.24) is 0 Å². The Morgan fingerprint density at radius 1 is 1.19 bits per heavy atom. The van der Waals surface area contributed by atoms with Crippen LogP contribution in [0.15, 0.2) is 24.3 Å². The van der Waals surface area contributed by atoms with Crippen LogP contribution < -0.4 is 10.5 Å². The third-order valence-corrected chi connectivity index (χ3v) is 5.08. The molecule has 6 nitrogen and oxygen atoms in total. The van der Waals surface area contributed by atoms with Gasteiger partial charge in [0.1, 0.15) is 0 Å². The lowest BCUT2D eigenvalue weighted by molar-refractivity contribution is 0.595. The molecule has 16 heavy (non-hydrogen) atoms. The first-order chi connectivity index (χ1) is 7.20. The Bertz CT molecular complexity index is 578. The van der Waals surface area contributed by atoms with Gasteiger partial charge in [-0.05, 0) is 12.1 Å². The fourth-order valence-corrected chi connectivity index (χ4v) is 4.08. The summed E-state index contributed by atoms with van der Waals surface area (Å²) in [5.41, 5.74) is 5.92. The van der Waals surface area contributed by atoms with E-state index in [4.69, 9.17) is 5.73 Å². The summed E-state index contributed by atoms with van der Waals surface area (Å²) in [6.07, 6.45) is 0.848. The molecule has 0 saturated carbocycles. The Balaban J connectivity index is 2.95. The van der Waals surface area contributed by atoms with Crippen molar-refractivity contribution in [2.45, 2.75) is 0 Å². The van der Waals surface area contributed by atoms with Gasteiger partial charge in [-0.25, -0.2) is 16.8 Å². The highest BCUT2D eigenvalue weighted by Crippen LogP contribution is 2.18. The zero-order valence-electron chi connectivity index (χ0n) is 8.54. The fraction of sp³-hybridized carbons (Fsp3) is 0.250. The minimum Gasteiger partial charge on any atom is -0.397 e. The van der Waals surface area contributed by atoms with E-state index in [9.17, 15) is 16.8 Å². The van der Waals surface area contributed by atoms with Gasteiger partial charge in [0.15, 0.2) is 14.9 Å². The molecule has 0 aromatic heterocycles. The lowest BCUT2D eigenvalue weighted by Crippen LogP contribution is -2.22. The van der Waals surface area contributed by atoms with Crippen LogP contribution in [0, 0.1) is 0 Å². The first-order valence-electron chi connectivity index (χ1n) is 4.22. The van der Waals surface area contributed by atoms with Crippen LogP contribution in [0.1, 0.15) is 0 Å². The minimum absolute atomic E-state index is 0.172. The number of nitrogens with two attached hydrogens (primary N) is 1. The standard InChI is InChI=1S/C8H12N2O4S2/c1-15(11,12)6-16(13,14)10-8-5-3-2-4-7(8)9/h2-5,10H,6,9H2,1H3. The molecule has 0 atom stereocenters. The van der Waals surface area contributed by atoms with Crippen molar-refractivity contribution in [2.75, 3.05) is 21.8 Å². The summed E-state index contributed by atoms with van der Waals surface area (Å²) in [5, 5.41) is -0.964. The summed E-state index contributed by atoms with van der Waals surface area (Å²) < 4.78 is 46.7. The maximum atomic E-state index is 11.4. The van der Waals surface area contributed by atoms with Crippen molar-refractivity contribution in [1.29, 1.82) is 0 Å². The number of sulfonamides is 1. The lowest BCUT2D eigenvalue weighted by Gasteiger charge is -2.08. The Hall–Kier alpha value is -1.28. The smallest absolute Gasteiger partial charge is 0.247 e. The molecule has 1 rings (SSSR count). The van der Waals surface area contributed by atoms with E-state index in [0.717, 1.165) is 6.26 Å². The molecule has 0 heterocycles. The summed E-state index contributed by atoms with van der Waals surface area (Å²) in [6.45, 7) is 0. The third kappa shape index (κ3) is 4.07. The van der Waals surface area contributed by atoms with Crippen molar-refractivity contribution in [3.63, 3.8) is 0 Å². The maximum Gasteiger partial charge on any atom is 0.247 e. The highest BCUT2D eigenvalue weighted by molar-refractivity contribution is 8.08. The molecule has 3 N–H and O–H groups in total. The van der Waals surface area contributed by atoms with Crippen LogP contribution in [-0.2, 0) is 19.9 Å². The number of nitrogen functional groups attached to an aromatic ring is 1. The van der Waals surface area contributed by atoms with Gasteiger partial charge >= 0.3 is 0 Å². The second kappa shape index (κ2) is 4.30. The van der Waals surface area contributed by atoms with Crippen LogP contribution in [0.5, 0.6) is 0 Å². The van der Waals surface area contributed by atoms with Gasteiger partial charge in [-0.3, -0.25) is 4.72 Å². The van der Waals surface area contributed by atoms with Crippen LogP contribution in [0.3, 0.4) is 0 Å². The van der Waals surface area contributed by atoms with Crippen molar-refractivity contribution >= 4 is 31.2 Å². The third-order valence-electron chi connectivity index (χ3n) is 1.60. The van der Waals surface area contributed by atoms with Gasteiger partial charge in [-0.1, -0.05) is 12.1 Å². The first kappa shape index (κ1) is 12.8. The zero-order chi connectivity index (χ0) is 12.4. The van der Waals surface area contributed by atoms with Crippen LogP contribution in [0.25, 0.3) is 0 Å². The van der Waals surface area contributed by atoms with Gasteiger partial charge in [0.2, 0.25) is 10.0 Å². The molecule has 0 bridgehead atoms. The highest BCUT2D eigenvalue weighted by atomic mass is 32.3. The van der Waals surface area contributed by atoms with Gasteiger partial charge in [-0.15, -0.1) is 0 Å². The molecular formula is C8H12N2O4S2. The van der Waals surface area contributed by atoms with E-state index in [2.05, 4.69) is 4.72 Å². The fourth-order valence-electron chi connectivity index (χ4n) is 1.07. The minimum atomic E-state index is -3.93. The SMILES string of the molecule is CS(=O)(=O)CS(=O)(=O)Nc1ccccc1N. The second-order valence-electron chi connectivity index (χ2n) is 3.35. The maximum absolute atomic E-state index is 11.4. The van der Waals surface area contributed by atoms with Gasteiger partial charge in [0.05, 0.1) is 11.4 Å². The number of hydrogen-bond donors (Lipinski definition) is 2. The topological polar surface area (TPSA) is 106 Å². The molecule has 0 amide bonds. The number of hydrogen-bond acceptors (Lipinski definition) is 5. The Kier molecular flexibility index (Phi) is 3.44. The molecule has 0 aliphatic rings. The molecule has 1 aromatic rings. The molecule has 1 aromatic carbocycles. The molecule has 90 valence electrons. The predicted molar refractivity (Wildman–Crippen MR) is 63.1 cm³/mol. The van der Waals surface area contributed by atoms with Crippen molar-refractivity contribution in [2.24, 2.45) is 0 Å². The van der Waals surface area contributed by atoms with E-state index in [1.807, 2.05) is 0 Å². The molecule has 0 aliphatic carbocycles. The van der Waals surface area contributed by atoms with Crippen LogP contribution in [0.4, 0.5) is 11.4 Å². The summed E-state index contributed by atoms with van der Waals surface area (Å²) in [7, 11) is -7.54. The second-order valence-corrected chi connectivity index (χ2v) is 7.58. The monoisotopic (exact) mass is 264 g/mol. The van der Waals surface area contributed by atoms with E-state index >= 15 is 0 Å². The predicted octanol–water partition coefficient (Wildman–Crippen LogP) is 0.0126. The summed E-state index contributed by atoms with van der Waals surface area (Å²) in [6, 6.07) is 6.20. The van der Waals surface area contributed by atoms with Gasteiger partial charge in [0.25, 0.3) is 0 Å². The Morgan fingerprint density at radius 2 is 1.75 bits per heavy atom. The van der Waals surface area contributed by atoms with Gasteiger partial charge in [-0.2, -0.15) is 0 Å². The quantitative estimate of drug-likeness (QED) is 0.745. The molecule has 0 aliphatic heterocycles. The molecule has 0 unspecified atom stereocenters. The summed E-state index contributed by atoms with van der Waals surface area (Å²) in [4.78, 5) is 0. The number of rotatable bonds is 4. The normalized spacial score (nSPS) is 12.3. The van der Waals surface area contributed by atoms with E-state index < -0.39 is 24.9 Å². The number of nitrogens with one attached hydrogen (secondary N) is 1. The zero-order valence-corrected chi connectivity index (χ0v) is 10.2. The summed E-state index contributed by atoms with van der Waals surface area (Å²) >= 11 is 0. The largest absolute Gasteiger partial charge is 0.397 e. The number of benzene rings is 1. The van der Waals surface area contributed by atoms with Gasteiger partial charge in [0, 0.05) is 6.26 Å². The molecular weight excluding hydrogens is 252 g/mol. The number of para-hydroxylation sites is 2. The van der Waals surface area contributed by atoms with Crippen molar-refractivity contribution < 1.29 is 16.8 Å². The van der Waals surface area contributed by atoms with Crippen LogP contribution in [0.2, 0.25) is 0 Å². The van der Waals surface area contributed by atoms with E-state index in [-0.39, 0.29) is 11.4 Å². The summed E-state index contributed by atoms with van der Waals surface area (Å²) in [5.74, 6) is 0. The molecule has 0 fully saturated rings. The number of anilines is 2. The van der Waals surface area contributed by atoms with Crippen molar-refractivity contribution in [3.8, 4) is 0 Å². The highest BCUT2D eigenvalue weighted by Gasteiger charge is 2.18. The van der Waals surface area contributed by atoms with Gasteiger partial charge < -0.3 is 5.73 Å². The Morgan fingerprint density at radius 3 is 2.25 bits per heavy atom. The van der Waals surface area contributed by atoms with E-state index in [1.165, 1.54) is 12.1 Å². The average molecular weight is 264 g/mol. The number of sulfone groups is 1. The van der Waals surface area contributed by atoms with Crippen LogP contribution in [-0.4, -0.2) is 28.2 Å². The van der Waals surface area contributed by atoms with Crippen molar-refractivity contribution in [3.05, 3.63) is 24.3 Å². The molecule has 0 saturated heterocycles. The van der Waals surface area contributed by atoms with Crippen LogP contribution >= 0.6 is 0 Å². The average Bonchev–Trinajstić information content (AvgIpc) is 2.04. The Labute approximate surface area is 94.4 Å². The molecule has 0 radical (unpaired) electrons. The first-order valence-corrected chi connectivity index (χ1v) is 7.94. The lowest BCUT2D eigenvalue weighted by atomic mass is 10.3.